The molecule has 0 radical (unpaired) electrons. The molecule has 110 valence electrons. The molecular weight excluding hydrogens is 268 g/mol. The van der Waals surface area contributed by atoms with Crippen LogP contribution in [-0.2, 0) is 11.3 Å². The fourth-order valence-corrected chi connectivity index (χ4v) is 2.60. The van der Waals surface area contributed by atoms with Crippen LogP contribution < -0.4 is 4.90 Å². The van der Waals surface area contributed by atoms with E-state index >= 15 is 0 Å². The normalized spacial score (nSPS) is 22.9. The minimum atomic E-state index is -1.18. The van der Waals surface area contributed by atoms with Crippen LogP contribution in [0.2, 0.25) is 0 Å². The number of hydrogen-bond acceptors (Lipinski definition) is 4. The van der Waals surface area contributed by atoms with Crippen LogP contribution in [0.25, 0.3) is 0 Å². The van der Waals surface area contributed by atoms with Crippen molar-refractivity contribution in [3.8, 4) is 0 Å². The van der Waals surface area contributed by atoms with Gasteiger partial charge in [-0.1, -0.05) is 0 Å². The van der Waals surface area contributed by atoms with Crippen LogP contribution in [0.15, 0.2) is 6.07 Å². The zero-order valence-electron chi connectivity index (χ0n) is 11.4. The summed E-state index contributed by atoms with van der Waals surface area (Å²) in [4.78, 5) is 12.4. The standard InChI is InChI=1S/C14H17F2NO3/c1-8-4-17(5-9(2)20-8)14-11(7-19)3-10(6-18)12(15)13(14)16/h3,6,8-9,19H,4-5,7H2,1-2H3/t8-,9+. The second kappa shape index (κ2) is 5.85. The fourth-order valence-electron chi connectivity index (χ4n) is 2.60. The van der Waals surface area contributed by atoms with Gasteiger partial charge in [0.05, 0.1) is 30.1 Å². The number of ether oxygens (including phenoxy) is 1. The molecule has 1 aliphatic heterocycles. The number of anilines is 1. The number of morpholine rings is 1. The summed E-state index contributed by atoms with van der Waals surface area (Å²) in [6.07, 6.45) is -0.0108. The van der Waals surface area contributed by atoms with E-state index in [0.29, 0.717) is 13.1 Å². The van der Waals surface area contributed by atoms with Crippen LogP contribution >= 0.6 is 0 Å². The highest BCUT2D eigenvalue weighted by molar-refractivity contribution is 5.78. The van der Waals surface area contributed by atoms with E-state index in [1.165, 1.54) is 6.07 Å². The molecule has 1 aromatic rings. The predicted octanol–water partition coefficient (Wildman–Crippen LogP) is 1.88. The van der Waals surface area contributed by atoms with Crippen LogP contribution in [0, 0.1) is 11.6 Å². The van der Waals surface area contributed by atoms with Gasteiger partial charge in [0.15, 0.2) is 17.9 Å². The average molecular weight is 285 g/mol. The van der Waals surface area contributed by atoms with Crippen molar-refractivity contribution in [2.75, 3.05) is 18.0 Å². The summed E-state index contributed by atoms with van der Waals surface area (Å²) in [5, 5.41) is 9.35. The molecule has 0 saturated carbocycles. The number of halogens is 2. The van der Waals surface area contributed by atoms with E-state index in [2.05, 4.69) is 0 Å². The van der Waals surface area contributed by atoms with Crippen molar-refractivity contribution in [2.45, 2.75) is 32.7 Å². The van der Waals surface area contributed by atoms with Crippen molar-refractivity contribution < 1.29 is 23.4 Å². The maximum absolute atomic E-state index is 14.2. The second-order valence-corrected chi connectivity index (χ2v) is 5.04. The summed E-state index contributed by atoms with van der Waals surface area (Å²) in [7, 11) is 0. The zero-order valence-corrected chi connectivity index (χ0v) is 11.4. The Morgan fingerprint density at radius 2 is 1.95 bits per heavy atom. The molecule has 2 atom stereocenters. The van der Waals surface area contributed by atoms with Gasteiger partial charge in [-0.3, -0.25) is 4.79 Å². The summed E-state index contributed by atoms with van der Waals surface area (Å²) in [6, 6.07) is 1.19. The summed E-state index contributed by atoms with van der Waals surface area (Å²) < 4.78 is 33.5. The molecule has 4 nitrogen and oxygen atoms in total. The largest absolute Gasteiger partial charge is 0.392 e. The van der Waals surface area contributed by atoms with Gasteiger partial charge in [0.2, 0.25) is 0 Å². The van der Waals surface area contributed by atoms with E-state index in [0.717, 1.165) is 0 Å². The van der Waals surface area contributed by atoms with E-state index in [1.54, 1.807) is 4.90 Å². The molecule has 0 aliphatic carbocycles. The number of carbonyl (C=O) groups is 1. The first-order chi connectivity index (χ1) is 9.47. The van der Waals surface area contributed by atoms with Crippen LogP contribution in [0.3, 0.4) is 0 Å². The Kier molecular flexibility index (Phi) is 4.35. The van der Waals surface area contributed by atoms with Crippen LogP contribution in [-0.4, -0.2) is 36.7 Å². The van der Waals surface area contributed by atoms with Crippen molar-refractivity contribution in [3.05, 3.63) is 28.8 Å². The Labute approximate surface area is 116 Å². The Balaban J connectivity index is 2.49. The molecule has 1 N–H and O–H groups in total. The third-order valence-electron chi connectivity index (χ3n) is 3.32. The highest BCUT2D eigenvalue weighted by Gasteiger charge is 2.28. The highest BCUT2D eigenvalue weighted by atomic mass is 19.2. The predicted molar refractivity (Wildman–Crippen MR) is 69.9 cm³/mol. The first-order valence-electron chi connectivity index (χ1n) is 6.45. The van der Waals surface area contributed by atoms with E-state index in [-0.39, 0.29) is 35.3 Å². The molecule has 6 heteroatoms. The minimum Gasteiger partial charge on any atom is -0.392 e. The van der Waals surface area contributed by atoms with Crippen LogP contribution in [0.5, 0.6) is 0 Å². The Hall–Kier alpha value is -1.53. The van der Waals surface area contributed by atoms with Gasteiger partial charge in [0.1, 0.15) is 0 Å². The lowest BCUT2D eigenvalue weighted by molar-refractivity contribution is -0.00554. The number of carbonyl (C=O) groups excluding carboxylic acids is 1. The molecule has 0 bridgehead atoms. The quantitative estimate of drug-likeness (QED) is 0.862. The van der Waals surface area contributed by atoms with Gasteiger partial charge in [-0.15, -0.1) is 0 Å². The smallest absolute Gasteiger partial charge is 0.183 e. The lowest BCUT2D eigenvalue weighted by Crippen LogP contribution is -2.46. The van der Waals surface area contributed by atoms with Gasteiger partial charge in [-0.25, -0.2) is 8.78 Å². The lowest BCUT2D eigenvalue weighted by atomic mass is 10.1. The first kappa shape index (κ1) is 14.9. The third kappa shape index (κ3) is 2.66. The summed E-state index contributed by atoms with van der Waals surface area (Å²) in [5.74, 6) is -2.28. The van der Waals surface area contributed by atoms with Gasteiger partial charge in [-0.05, 0) is 19.9 Å². The molecule has 1 saturated heterocycles. The van der Waals surface area contributed by atoms with Crippen LogP contribution in [0.4, 0.5) is 14.5 Å². The summed E-state index contributed by atoms with van der Waals surface area (Å²) in [6.45, 7) is 4.01. The van der Waals surface area contributed by atoms with Gasteiger partial charge < -0.3 is 14.7 Å². The SMILES string of the molecule is C[C@@H]1CN(c2c(CO)cc(C=O)c(F)c2F)C[C@H](C)O1. The Bertz CT molecular complexity index is 512. The molecule has 2 rings (SSSR count). The molecule has 1 aromatic carbocycles. The van der Waals surface area contributed by atoms with Crippen molar-refractivity contribution in [2.24, 2.45) is 0 Å². The molecule has 1 heterocycles. The topological polar surface area (TPSA) is 49.8 Å². The second-order valence-electron chi connectivity index (χ2n) is 5.04. The number of aliphatic hydroxyl groups is 1. The average Bonchev–Trinajstić information content (AvgIpc) is 2.40. The van der Waals surface area contributed by atoms with Crippen molar-refractivity contribution >= 4 is 12.0 Å². The third-order valence-corrected chi connectivity index (χ3v) is 3.32. The Morgan fingerprint density at radius 3 is 2.45 bits per heavy atom. The Morgan fingerprint density at radius 1 is 1.35 bits per heavy atom. The van der Waals surface area contributed by atoms with Gasteiger partial charge in [-0.2, -0.15) is 0 Å². The van der Waals surface area contributed by atoms with E-state index in [1.807, 2.05) is 13.8 Å². The number of aliphatic hydroxyl groups excluding tert-OH is 1. The van der Waals surface area contributed by atoms with Gasteiger partial charge in [0, 0.05) is 18.7 Å². The molecule has 0 aromatic heterocycles. The van der Waals surface area contributed by atoms with Crippen molar-refractivity contribution in [1.82, 2.24) is 0 Å². The molecule has 0 amide bonds. The van der Waals surface area contributed by atoms with Crippen molar-refractivity contribution in [3.63, 3.8) is 0 Å². The molecule has 1 aliphatic rings. The lowest BCUT2D eigenvalue weighted by Gasteiger charge is -2.37. The fraction of sp³-hybridized carbons (Fsp3) is 0.500. The number of nitrogens with zero attached hydrogens (tertiary/aromatic N) is 1. The molecule has 1 fully saturated rings. The number of rotatable bonds is 3. The molecule has 0 spiro atoms. The van der Waals surface area contributed by atoms with Crippen molar-refractivity contribution in [1.29, 1.82) is 0 Å². The maximum atomic E-state index is 14.2. The summed E-state index contributed by atoms with van der Waals surface area (Å²) >= 11 is 0. The van der Waals surface area contributed by atoms with Gasteiger partial charge in [0.25, 0.3) is 0 Å². The molecular formula is C14H17F2NO3. The van der Waals surface area contributed by atoms with Crippen LogP contribution in [0.1, 0.15) is 29.8 Å². The van der Waals surface area contributed by atoms with E-state index in [9.17, 15) is 18.7 Å². The molecule has 20 heavy (non-hydrogen) atoms. The van der Waals surface area contributed by atoms with Gasteiger partial charge >= 0.3 is 0 Å². The van der Waals surface area contributed by atoms with E-state index < -0.39 is 18.2 Å². The summed E-state index contributed by atoms with van der Waals surface area (Å²) in [5.41, 5.74) is -0.172. The zero-order chi connectivity index (χ0) is 14.9. The first-order valence-corrected chi connectivity index (χ1v) is 6.45. The minimum absolute atomic E-state index is 0.0117. The maximum Gasteiger partial charge on any atom is 0.183 e. The molecule has 0 unspecified atom stereocenters. The number of aldehydes is 1. The number of benzene rings is 1. The van der Waals surface area contributed by atoms with E-state index in [4.69, 9.17) is 4.74 Å². The number of hydrogen-bond donors (Lipinski definition) is 1. The highest BCUT2D eigenvalue weighted by Crippen LogP contribution is 2.31. The monoisotopic (exact) mass is 285 g/mol.